The summed E-state index contributed by atoms with van der Waals surface area (Å²) in [5.41, 5.74) is -0.278. The lowest BCUT2D eigenvalue weighted by atomic mass is 9.83. The van der Waals surface area contributed by atoms with Gasteiger partial charge in [0.2, 0.25) is 11.8 Å². The number of hydrogen-bond acceptors (Lipinski definition) is 2. The Hall–Kier alpha value is -1.50. The van der Waals surface area contributed by atoms with Crippen molar-refractivity contribution in [1.29, 1.82) is 0 Å². The lowest BCUT2D eigenvalue weighted by Crippen LogP contribution is -2.66. The molecular formula is C15H24N2O2. The molecule has 1 aliphatic heterocycles. The molecular weight excluding hydrogens is 240 g/mol. The Balaban J connectivity index is 2.94. The monoisotopic (exact) mass is 264 g/mol. The number of amides is 2. The van der Waals surface area contributed by atoms with Gasteiger partial charge in [-0.05, 0) is 18.8 Å². The number of carbonyl (C=O) groups excluding carboxylic acids is 2. The molecule has 4 heteroatoms. The summed E-state index contributed by atoms with van der Waals surface area (Å²) >= 11 is 0. The Morgan fingerprint density at radius 2 is 1.95 bits per heavy atom. The lowest BCUT2D eigenvalue weighted by molar-refractivity contribution is -0.152. The van der Waals surface area contributed by atoms with Crippen molar-refractivity contribution in [3.8, 4) is 11.8 Å². The Labute approximate surface area is 115 Å². The quantitative estimate of drug-likeness (QED) is 0.786. The SMILES string of the molecule is CC#CCCN1C(=O)C(C(C)(C)C)NC(=O)C1CC. The molecule has 106 valence electrons. The van der Waals surface area contributed by atoms with Crippen molar-refractivity contribution in [1.82, 2.24) is 10.2 Å². The molecule has 1 heterocycles. The van der Waals surface area contributed by atoms with Crippen LogP contribution in [0, 0.1) is 17.3 Å². The number of hydrogen-bond donors (Lipinski definition) is 1. The molecule has 2 atom stereocenters. The van der Waals surface area contributed by atoms with Gasteiger partial charge in [-0.25, -0.2) is 0 Å². The van der Waals surface area contributed by atoms with Crippen molar-refractivity contribution in [3.05, 3.63) is 0 Å². The minimum atomic E-state index is -0.447. The molecule has 2 unspecified atom stereocenters. The summed E-state index contributed by atoms with van der Waals surface area (Å²) in [7, 11) is 0. The van der Waals surface area contributed by atoms with E-state index in [1.807, 2.05) is 27.7 Å². The van der Waals surface area contributed by atoms with E-state index in [0.717, 1.165) is 0 Å². The van der Waals surface area contributed by atoms with Crippen LogP contribution in [0.5, 0.6) is 0 Å². The summed E-state index contributed by atoms with van der Waals surface area (Å²) in [6.07, 6.45) is 1.25. The smallest absolute Gasteiger partial charge is 0.246 e. The van der Waals surface area contributed by atoms with Gasteiger partial charge in [-0.1, -0.05) is 27.7 Å². The third-order valence-corrected chi connectivity index (χ3v) is 3.40. The molecule has 2 amide bonds. The molecule has 1 aliphatic rings. The molecule has 0 radical (unpaired) electrons. The van der Waals surface area contributed by atoms with Crippen LogP contribution in [0.25, 0.3) is 0 Å². The van der Waals surface area contributed by atoms with Gasteiger partial charge in [0.25, 0.3) is 0 Å². The van der Waals surface area contributed by atoms with Crippen molar-refractivity contribution in [3.63, 3.8) is 0 Å². The summed E-state index contributed by atoms with van der Waals surface area (Å²) < 4.78 is 0. The van der Waals surface area contributed by atoms with E-state index in [2.05, 4.69) is 17.2 Å². The Bertz CT molecular complexity index is 412. The molecule has 1 saturated heterocycles. The molecule has 0 saturated carbocycles. The van der Waals surface area contributed by atoms with Gasteiger partial charge < -0.3 is 10.2 Å². The fourth-order valence-corrected chi connectivity index (χ4v) is 2.32. The minimum absolute atomic E-state index is 0.0110. The van der Waals surface area contributed by atoms with E-state index in [0.29, 0.717) is 19.4 Å². The third kappa shape index (κ3) is 3.50. The maximum atomic E-state index is 12.5. The van der Waals surface area contributed by atoms with Crippen LogP contribution in [0.4, 0.5) is 0 Å². The highest BCUT2D eigenvalue weighted by molar-refractivity contribution is 5.97. The van der Waals surface area contributed by atoms with E-state index >= 15 is 0 Å². The standard InChI is InChI=1S/C15H24N2O2/c1-6-8-9-10-17-11(7-2)13(18)16-12(14(17)19)15(3,4)5/h11-12H,7,9-10H2,1-5H3,(H,16,18). The van der Waals surface area contributed by atoms with Crippen molar-refractivity contribution in [2.24, 2.45) is 5.41 Å². The van der Waals surface area contributed by atoms with Crippen LogP contribution in [0.1, 0.15) is 47.5 Å². The summed E-state index contributed by atoms with van der Waals surface area (Å²) in [5.74, 6) is 5.73. The van der Waals surface area contributed by atoms with Crippen molar-refractivity contribution in [2.45, 2.75) is 59.5 Å². The second-order valence-electron chi connectivity index (χ2n) is 5.94. The van der Waals surface area contributed by atoms with E-state index in [9.17, 15) is 9.59 Å². The first-order valence-electron chi connectivity index (χ1n) is 6.83. The van der Waals surface area contributed by atoms with E-state index in [1.165, 1.54) is 0 Å². The topological polar surface area (TPSA) is 49.4 Å². The molecule has 0 spiro atoms. The number of rotatable bonds is 3. The summed E-state index contributed by atoms with van der Waals surface area (Å²) in [4.78, 5) is 26.4. The second kappa shape index (κ2) is 6.10. The molecule has 0 aromatic heterocycles. The van der Waals surface area contributed by atoms with Gasteiger partial charge in [-0.15, -0.1) is 11.8 Å². The van der Waals surface area contributed by atoms with Crippen LogP contribution < -0.4 is 5.32 Å². The molecule has 1 N–H and O–H groups in total. The van der Waals surface area contributed by atoms with E-state index in [4.69, 9.17) is 0 Å². The number of nitrogens with one attached hydrogen (secondary N) is 1. The van der Waals surface area contributed by atoms with Gasteiger partial charge in [-0.2, -0.15) is 0 Å². The first kappa shape index (κ1) is 15.6. The molecule has 0 aliphatic carbocycles. The zero-order valence-corrected chi connectivity index (χ0v) is 12.5. The summed E-state index contributed by atoms with van der Waals surface area (Å²) in [6.45, 7) is 10.1. The van der Waals surface area contributed by atoms with Crippen LogP contribution in [0.2, 0.25) is 0 Å². The molecule has 0 bridgehead atoms. The lowest BCUT2D eigenvalue weighted by Gasteiger charge is -2.43. The summed E-state index contributed by atoms with van der Waals surface area (Å²) in [5, 5.41) is 2.86. The van der Waals surface area contributed by atoms with E-state index in [-0.39, 0.29) is 23.3 Å². The van der Waals surface area contributed by atoms with Crippen molar-refractivity contribution < 1.29 is 9.59 Å². The molecule has 19 heavy (non-hydrogen) atoms. The van der Waals surface area contributed by atoms with Gasteiger partial charge in [-0.3, -0.25) is 9.59 Å². The van der Waals surface area contributed by atoms with Crippen LogP contribution in [-0.2, 0) is 9.59 Å². The summed E-state index contributed by atoms with van der Waals surface area (Å²) in [6, 6.07) is -0.804. The minimum Gasteiger partial charge on any atom is -0.342 e. The second-order valence-corrected chi connectivity index (χ2v) is 5.94. The first-order valence-corrected chi connectivity index (χ1v) is 6.83. The highest BCUT2D eigenvalue weighted by atomic mass is 16.2. The number of piperazine rings is 1. The molecule has 0 aromatic rings. The Kier molecular flexibility index (Phi) is 4.99. The van der Waals surface area contributed by atoms with Gasteiger partial charge in [0.05, 0.1) is 0 Å². The van der Waals surface area contributed by atoms with Crippen LogP contribution in [0.15, 0.2) is 0 Å². The average molecular weight is 264 g/mol. The van der Waals surface area contributed by atoms with Crippen molar-refractivity contribution in [2.75, 3.05) is 6.54 Å². The zero-order chi connectivity index (χ0) is 14.6. The highest BCUT2D eigenvalue weighted by Crippen LogP contribution is 2.26. The van der Waals surface area contributed by atoms with E-state index in [1.54, 1.807) is 11.8 Å². The van der Waals surface area contributed by atoms with Gasteiger partial charge in [0.1, 0.15) is 12.1 Å². The third-order valence-electron chi connectivity index (χ3n) is 3.40. The predicted molar refractivity (Wildman–Crippen MR) is 75.2 cm³/mol. The molecule has 4 nitrogen and oxygen atoms in total. The number of carbonyl (C=O) groups is 2. The van der Waals surface area contributed by atoms with Crippen molar-refractivity contribution >= 4 is 11.8 Å². The normalized spacial score (nSPS) is 23.7. The fourth-order valence-electron chi connectivity index (χ4n) is 2.32. The largest absolute Gasteiger partial charge is 0.342 e. The zero-order valence-electron chi connectivity index (χ0n) is 12.5. The van der Waals surface area contributed by atoms with E-state index < -0.39 is 6.04 Å². The van der Waals surface area contributed by atoms with Gasteiger partial charge in [0.15, 0.2) is 0 Å². The highest BCUT2D eigenvalue weighted by Gasteiger charge is 2.44. The number of nitrogens with zero attached hydrogens (tertiary/aromatic N) is 1. The van der Waals surface area contributed by atoms with Gasteiger partial charge in [0, 0.05) is 13.0 Å². The van der Waals surface area contributed by atoms with Crippen LogP contribution >= 0.6 is 0 Å². The maximum Gasteiger partial charge on any atom is 0.246 e. The average Bonchev–Trinajstić information content (AvgIpc) is 2.32. The van der Waals surface area contributed by atoms with Crippen LogP contribution in [-0.4, -0.2) is 35.3 Å². The molecule has 1 rings (SSSR count). The first-order chi connectivity index (χ1) is 8.82. The molecule has 1 fully saturated rings. The Morgan fingerprint density at radius 1 is 1.32 bits per heavy atom. The maximum absolute atomic E-state index is 12.5. The van der Waals surface area contributed by atoms with Gasteiger partial charge >= 0.3 is 0 Å². The Morgan fingerprint density at radius 3 is 2.42 bits per heavy atom. The van der Waals surface area contributed by atoms with Crippen LogP contribution in [0.3, 0.4) is 0 Å². The predicted octanol–water partition coefficient (Wildman–Crippen LogP) is 1.55. The molecule has 0 aromatic carbocycles. The fraction of sp³-hybridized carbons (Fsp3) is 0.733.